The second-order valence-electron chi connectivity index (χ2n) is 4.09. The van der Waals surface area contributed by atoms with Gasteiger partial charge in [0.15, 0.2) is 0 Å². The summed E-state index contributed by atoms with van der Waals surface area (Å²) in [5, 5.41) is 0. The highest BCUT2D eigenvalue weighted by Crippen LogP contribution is 2.54. The maximum absolute atomic E-state index is 10.2. The number of rotatable bonds is 2. The maximum Gasteiger partial charge on any atom is 0.235 e. The summed E-state index contributed by atoms with van der Waals surface area (Å²) < 4.78 is 0. The van der Waals surface area contributed by atoms with Crippen LogP contribution < -0.4 is 0 Å². The molecule has 0 aromatic rings. The predicted molar refractivity (Wildman–Crippen MR) is 42.0 cm³/mol. The van der Waals surface area contributed by atoms with Gasteiger partial charge in [0.05, 0.1) is 5.54 Å². The van der Waals surface area contributed by atoms with Crippen LogP contribution in [0.25, 0.3) is 0 Å². The van der Waals surface area contributed by atoms with Crippen LogP contribution in [0.1, 0.15) is 32.6 Å². The normalized spacial score (nSPS) is 42.5. The number of aliphatic imine (C=N–C) groups is 1. The summed E-state index contributed by atoms with van der Waals surface area (Å²) in [4.78, 5) is 14.1. The molecule has 0 saturated heterocycles. The molecule has 2 saturated carbocycles. The molecule has 0 bridgehead atoms. The maximum atomic E-state index is 10.2. The molecule has 0 amide bonds. The first-order chi connectivity index (χ1) is 5.27. The molecule has 2 rings (SSSR count). The second kappa shape index (κ2) is 2.18. The van der Waals surface area contributed by atoms with E-state index in [-0.39, 0.29) is 5.54 Å². The zero-order chi connectivity index (χ0) is 7.90. The smallest absolute Gasteiger partial charge is 0.211 e. The van der Waals surface area contributed by atoms with Gasteiger partial charge < -0.3 is 0 Å². The molecule has 0 unspecified atom stereocenters. The van der Waals surface area contributed by atoms with Crippen molar-refractivity contribution >= 4 is 6.08 Å². The van der Waals surface area contributed by atoms with Gasteiger partial charge in [0.2, 0.25) is 6.08 Å². The zero-order valence-corrected chi connectivity index (χ0v) is 6.84. The molecular weight excluding hydrogens is 138 g/mol. The van der Waals surface area contributed by atoms with E-state index < -0.39 is 0 Å². The van der Waals surface area contributed by atoms with Gasteiger partial charge >= 0.3 is 0 Å². The van der Waals surface area contributed by atoms with E-state index in [2.05, 4.69) is 11.9 Å². The standard InChI is InChI=1S/C9H13NO/c1-7-4-9(5-7,10-6-11)8-2-3-8/h7-8H,2-5H2,1H3. The number of nitrogens with zero attached hydrogens (tertiary/aromatic N) is 1. The average molecular weight is 151 g/mol. The molecule has 0 N–H and O–H groups in total. The molecule has 0 aromatic heterocycles. The van der Waals surface area contributed by atoms with Crippen molar-refractivity contribution in [3.8, 4) is 0 Å². The molecule has 2 aliphatic carbocycles. The summed E-state index contributed by atoms with van der Waals surface area (Å²) in [6, 6.07) is 0. The highest BCUT2D eigenvalue weighted by atomic mass is 16.1. The van der Waals surface area contributed by atoms with Crippen molar-refractivity contribution in [3.05, 3.63) is 0 Å². The monoisotopic (exact) mass is 151 g/mol. The van der Waals surface area contributed by atoms with E-state index in [0.29, 0.717) is 0 Å². The van der Waals surface area contributed by atoms with Gasteiger partial charge in [0, 0.05) is 0 Å². The highest BCUT2D eigenvalue weighted by Gasteiger charge is 2.52. The lowest BCUT2D eigenvalue weighted by Crippen LogP contribution is -2.42. The first kappa shape index (κ1) is 7.05. The van der Waals surface area contributed by atoms with Gasteiger partial charge in [-0.15, -0.1) is 0 Å². The molecule has 2 aliphatic rings. The summed E-state index contributed by atoms with van der Waals surface area (Å²) in [6.07, 6.45) is 6.51. The van der Waals surface area contributed by atoms with Crippen LogP contribution in [0.5, 0.6) is 0 Å². The molecule has 2 nitrogen and oxygen atoms in total. The van der Waals surface area contributed by atoms with Crippen molar-refractivity contribution in [2.75, 3.05) is 0 Å². The Kier molecular flexibility index (Phi) is 1.40. The highest BCUT2D eigenvalue weighted by molar-refractivity contribution is 5.36. The van der Waals surface area contributed by atoms with Gasteiger partial charge in [0.25, 0.3) is 0 Å². The van der Waals surface area contributed by atoms with Gasteiger partial charge in [-0.1, -0.05) is 6.92 Å². The molecule has 11 heavy (non-hydrogen) atoms. The van der Waals surface area contributed by atoms with Crippen LogP contribution in [-0.2, 0) is 4.79 Å². The van der Waals surface area contributed by atoms with Crippen LogP contribution in [-0.4, -0.2) is 11.6 Å². The molecule has 0 atom stereocenters. The third-order valence-electron chi connectivity index (χ3n) is 3.01. The fourth-order valence-corrected chi connectivity index (χ4v) is 2.37. The van der Waals surface area contributed by atoms with Crippen molar-refractivity contribution in [1.82, 2.24) is 0 Å². The summed E-state index contributed by atoms with van der Waals surface area (Å²) in [5.74, 6) is 1.49. The Morgan fingerprint density at radius 2 is 2.09 bits per heavy atom. The lowest BCUT2D eigenvalue weighted by molar-refractivity contribution is 0.140. The summed E-state index contributed by atoms with van der Waals surface area (Å²) >= 11 is 0. The summed E-state index contributed by atoms with van der Waals surface area (Å²) in [6.45, 7) is 2.22. The number of hydrogen-bond acceptors (Lipinski definition) is 2. The number of carbonyl (C=O) groups excluding carboxylic acids is 1. The molecule has 2 fully saturated rings. The van der Waals surface area contributed by atoms with E-state index in [4.69, 9.17) is 0 Å². The van der Waals surface area contributed by atoms with Crippen molar-refractivity contribution in [2.24, 2.45) is 16.8 Å². The molecule has 0 aliphatic heterocycles. The minimum absolute atomic E-state index is 0.0567. The van der Waals surface area contributed by atoms with Gasteiger partial charge in [-0.2, -0.15) is 4.99 Å². The first-order valence-corrected chi connectivity index (χ1v) is 4.36. The largest absolute Gasteiger partial charge is 0.235 e. The summed E-state index contributed by atoms with van der Waals surface area (Å²) in [5.41, 5.74) is 0.0567. The molecule has 0 heterocycles. The van der Waals surface area contributed by atoms with Crippen molar-refractivity contribution in [3.63, 3.8) is 0 Å². The predicted octanol–water partition coefficient (Wildman–Crippen LogP) is 1.90. The van der Waals surface area contributed by atoms with Gasteiger partial charge in [0.1, 0.15) is 0 Å². The Morgan fingerprint density at radius 3 is 2.45 bits per heavy atom. The molecule has 2 heteroatoms. The van der Waals surface area contributed by atoms with E-state index >= 15 is 0 Å². The fourth-order valence-electron chi connectivity index (χ4n) is 2.37. The average Bonchev–Trinajstić information content (AvgIpc) is 2.65. The second-order valence-corrected chi connectivity index (χ2v) is 4.09. The Bertz CT molecular complexity index is 208. The minimum Gasteiger partial charge on any atom is -0.211 e. The lowest BCUT2D eigenvalue weighted by Gasteiger charge is -2.42. The van der Waals surface area contributed by atoms with Crippen molar-refractivity contribution in [2.45, 2.75) is 38.1 Å². The third-order valence-corrected chi connectivity index (χ3v) is 3.01. The third kappa shape index (κ3) is 1.02. The van der Waals surface area contributed by atoms with E-state index in [0.717, 1.165) is 24.7 Å². The van der Waals surface area contributed by atoms with E-state index in [9.17, 15) is 4.79 Å². The lowest BCUT2D eigenvalue weighted by atomic mass is 9.67. The number of hydrogen-bond donors (Lipinski definition) is 0. The molecule has 60 valence electrons. The van der Waals surface area contributed by atoms with E-state index in [1.807, 2.05) is 0 Å². The Labute approximate surface area is 66.7 Å². The molecule has 0 spiro atoms. The van der Waals surface area contributed by atoms with Crippen LogP contribution >= 0.6 is 0 Å². The zero-order valence-electron chi connectivity index (χ0n) is 6.84. The quantitative estimate of drug-likeness (QED) is 0.438. The Morgan fingerprint density at radius 1 is 1.45 bits per heavy atom. The van der Waals surface area contributed by atoms with E-state index in [1.54, 1.807) is 6.08 Å². The Hall–Kier alpha value is -0.620. The van der Waals surface area contributed by atoms with Crippen LogP contribution in [0.4, 0.5) is 0 Å². The van der Waals surface area contributed by atoms with Crippen LogP contribution in [0.15, 0.2) is 4.99 Å². The summed E-state index contributed by atoms with van der Waals surface area (Å²) in [7, 11) is 0. The topological polar surface area (TPSA) is 29.4 Å². The van der Waals surface area contributed by atoms with Crippen LogP contribution in [0.2, 0.25) is 0 Å². The first-order valence-electron chi connectivity index (χ1n) is 4.36. The fraction of sp³-hybridized carbons (Fsp3) is 0.889. The SMILES string of the molecule is CC1CC(N=C=O)(C2CC2)C1. The van der Waals surface area contributed by atoms with Crippen molar-refractivity contribution in [1.29, 1.82) is 0 Å². The van der Waals surface area contributed by atoms with Gasteiger partial charge in [-0.25, -0.2) is 4.79 Å². The molecule has 0 radical (unpaired) electrons. The van der Waals surface area contributed by atoms with Gasteiger partial charge in [-0.3, -0.25) is 0 Å². The van der Waals surface area contributed by atoms with Crippen LogP contribution in [0, 0.1) is 11.8 Å². The van der Waals surface area contributed by atoms with Gasteiger partial charge in [-0.05, 0) is 37.5 Å². The van der Waals surface area contributed by atoms with Crippen LogP contribution in [0.3, 0.4) is 0 Å². The minimum atomic E-state index is 0.0567. The van der Waals surface area contributed by atoms with E-state index in [1.165, 1.54) is 12.8 Å². The molecule has 0 aromatic carbocycles. The molecular formula is C9H13NO. The van der Waals surface area contributed by atoms with Crippen molar-refractivity contribution < 1.29 is 4.79 Å². The number of isocyanates is 1. The Balaban J connectivity index is 2.09.